The maximum Gasteiger partial charge on any atom is 0.334 e. The van der Waals surface area contributed by atoms with Crippen molar-refractivity contribution in [2.75, 3.05) is 6.61 Å². The first-order valence-electron chi connectivity index (χ1n) is 14.6. The number of fused-ring (bicyclic) bond motifs is 5. The van der Waals surface area contributed by atoms with E-state index in [9.17, 15) is 14.7 Å². The topological polar surface area (TPSA) is 82.1 Å². The van der Waals surface area contributed by atoms with Crippen LogP contribution in [-0.4, -0.2) is 47.1 Å². The first-order chi connectivity index (χ1) is 18.6. The molecule has 1 heterocycles. The molecule has 214 valence electrons. The number of aliphatic hydroxyl groups is 1. The molecule has 1 aromatic carbocycles. The minimum atomic E-state index is -1.81. The normalized spacial score (nSPS) is 40.9. The Kier molecular flexibility index (Phi) is 6.03. The number of aryl methyl sites for hydroxylation is 1. The molecule has 6 rings (SSSR count). The van der Waals surface area contributed by atoms with Gasteiger partial charge in [0.2, 0.25) is 0 Å². The second kappa shape index (κ2) is 8.73. The Morgan fingerprint density at radius 3 is 2.48 bits per heavy atom. The lowest BCUT2D eigenvalue weighted by Crippen LogP contribution is -2.68. The summed E-state index contributed by atoms with van der Waals surface area (Å²) in [6.45, 7) is 16.0. The van der Waals surface area contributed by atoms with E-state index in [2.05, 4.69) is 20.8 Å². The number of ketones is 1. The van der Waals surface area contributed by atoms with Crippen LogP contribution in [0.1, 0.15) is 66.0 Å². The van der Waals surface area contributed by atoms with Gasteiger partial charge < -0.3 is 19.3 Å². The standard InChI is InChI=1S/C34H42O6/c1-18-9-11-22(12-10-18)13-19(2)30(36)39-28-20(3)16-33-21(4)14-25-26(31(25,5)6)24(27(33)35)15-23-17-38-32(7,8)40-29(23)34(28,33)37/h9-13,15-16,21,24-26,28-29,37H,14,17H2,1-8H3/b19-13-/t21-,24+,25-,26+,28+,29-,33+,34-/m1/s1. The van der Waals surface area contributed by atoms with Gasteiger partial charge in [-0.1, -0.05) is 62.8 Å². The van der Waals surface area contributed by atoms with Crippen molar-refractivity contribution in [3.8, 4) is 0 Å². The SMILES string of the molecule is CC1=C[C@]23C(=O)[C@@H](C=C4COC(C)(C)O[C@H]4[C@]2(O)[C@H]1OC(=O)/C(C)=C\c1ccc(C)cc1)[C@H]1[C@@H](C[C@H]3C)C1(C)C. The zero-order valence-corrected chi connectivity index (χ0v) is 24.9. The summed E-state index contributed by atoms with van der Waals surface area (Å²) in [5.41, 5.74) is 0.865. The van der Waals surface area contributed by atoms with Crippen molar-refractivity contribution in [2.24, 2.45) is 34.5 Å². The van der Waals surface area contributed by atoms with Gasteiger partial charge >= 0.3 is 5.97 Å². The maximum absolute atomic E-state index is 14.8. The van der Waals surface area contributed by atoms with Crippen LogP contribution in [0, 0.1) is 41.4 Å². The molecular formula is C34H42O6. The van der Waals surface area contributed by atoms with Gasteiger partial charge in [0.1, 0.15) is 6.10 Å². The molecule has 8 atom stereocenters. The Hall–Kier alpha value is -2.54. The highest BCUT2D eigenvalue weighted by Crippen LogP contribution is 2.72. The molecule has 40 heavy (non-hydrogen) atoms. The largest absolute Gasteiger partial charge is 0.451 e. The fourth-order valence-corrected chi connectivity index (χ4v) is 8.47. The highest BCUT2D eigenvalue weighted by molar-refractivity contribution is 5.96. The molecule has 0 amide bonds. The van der Waals surface area contributed by atoms with Crippen molar-refractivity contribution in [3.05, 3.63) is 64.3 Å². The first kappa shape index (κ1) is 27.6. The van der Waals surface area contributed by atoms with Crippen LogP contribution in [0.4, 0.5) is 0 Å². The molecule has 2 bridgehead atoms. The van der Waals surface area contributed by atoms with E-state index in [0.29, 0.717) is 17.1 Å². The highest BCUT2D eigenvalue weighted by atomic mass is 16.7. The molecule has 6 nitrogen and oxygen atoms in total. The number of Topliss-reactive ketones (excluding diaryl/α,β-unsaturated/α-hetero) is 1. The molecule has 0 unspecified atom stereocenters. The predicted octanol–water partition coefficient (Wildman–Crippen LogP) is 5.58. The number of esters is 1. The Morgan fingerprint density at radius 2 is 1.80 bits per heavy atom. The first-order valence-corrected chi connectivity index (χ1v) is 14.6. The van der Waals surface area contributed by atoms with Crippen LogP contribution in [0.2, 0.25) is 0 Å². The Labute approximate surface area is 237 Å². The van der Waals surface area contributed by atoms with E-state index >= 15 is 0 Å². The van der Waals surface area contributed by atoms with Gasteiger partial charge in [0.25, 0.3) is 0 Å². The number of rotatable bonds is 3. The van der Waals surface area contributed by atoms with Gasteiger partial charge in [-0.2, -0.15) is 0 Å². The summed E-state index contributed by atoms with van der Waals surface area (Å²) >= 11 is 0. The summed E-state index contributed by atoms with van der Waals surface area (Å²) in [6.07, 6.45) is 4.64. The van der Waals surface area contributed by atoms with Gasteiger partial charge in [-0.25, -0.2) is 4.79 Å². The van der Waals surface area contributed by atoms with E-state index in [0.717, 1.165) is 23.1 Å². The molecule has 5 aliphatic rings. The van der Waals surface area contributed by atoms with Gasteiger partial charge in [0.15, 0.2) is 23.3 Å². The molecule has 6 heteroatoms. The molecule has 1 saturated heterocycles. The smallest absolute Gasteiger partial charge is 0.334 e. The fourth-order valence-electron chi connectivity index (χ4n) is 8.47. The average molecular weight is 547 g/mol. The van der Waals surface area contributed by atoms with Crippen LogP contribution >= 0.6 is 0 Å². The summed E-state index contributed by atoms with van der Waals surface area (Å²) in [5.74, 6) is -1.45. The van der Waals surface area contributed by atoms with E-state index < -0.39 is 35.0 Å². The molecule has 0 radical (unpaired) electrons. The molecule has 1 aromatic rings. The summed E-state index contributed by atoms with van der Waals surface area (Å²) < 4.78 is 18.7. The number of hydrogen-bond donors (Lipinski definition) is 1. The number of benzene rings is 1. The van der Waals surface area contributed by atoms with Gasteiger partial charge in [-0.05, 0) is 87.0 Å². The highest BCUT2D eigenvalue weighted by Gasteiger charge is 2.77. The van der Waals surface area contributed by atoms with E-state index in [1.54, 1.807) is 13.0 Å². The average Bonchev–Trinajstić information content (AvgIpc) is 3.37. The lowest BCUT2D eigenvalue weighted by molar-refractivity contribution is -0.303. The van der Waals surface area contributed by atoms with Crippen molar-refractivity contribution in [1.82, 2.24) is 0 Å². The lowest BCUT2D eigenvalue weighted by atomic mass is 9.59. The van der Waals surface area contributed by atoms with Gasteiger partial charge in [0, 0.05) is 11.5 Å². The Balaban J connectivity index is 1.45. The second-order valence-electron chi connectivity index (χ2n) is 14.0. The molecule has 0 aromatic heterocycles. The minimum absolute atomic E-state index is 0.00806. The molecular weight excluding hydrogens is 504 g/mol. The third kappa shape index (κ3) is 3.72. The molecule has 2 saturated carbocycles. The van der Waals surface area contributed by atoms with Crippen molar-refractivity contribution in [3.63, 3.8) is 0 Å². The Morgan fingerprint density at radius 1 is 1.12 bits per heavy atom. The van der Waals surface area contributed by atoms with Crippen molar-refractivity contribution in [1.29, 1.82) is 0 Å². The second-order valence-corrected chi connectivity index (χ2v) is 14.0. The van der Waals surface area contributed by atoms with E-state index in [4.69, 9.17) is 14.2 Å². The van der Waals surface area contributed by atoms with Crippen LogP contribution in [0.25, 0.3) is 6.08 Å². The van der Waals surface area contributed by atoms with Gasteiger partial charge in [-0.15, -0.1) is 0 Å². The molecule has 1 N–H and O–H groups in total. The third-order valence-corrected chi connectivity index (χ3v) is 10.7. The minimum Gasteiger partial charge on any atom is -0.451 e. The van der Waals surface area contributed by atoms with Gasteiger partial charge in [-0.3, -0.25) is 4.79 Å². The monoisotopic (exact) mass is 546 g/mol. The van der Waals surface area contributed by atoms with Crippen LogP contribution in [-0.2, 0) is 23.8 Å². The van der Waals surface area contributed by atoms with E-state index in [-0.39, 0.29) is 35.6 Å². The zero-order valence-electron chi connectivity index (χ0n) is 24.9. The number of hydrogen-bond acceptors (Lipinski definition) is 6. The van der Waals surface area contributed by atoms with E-state index in [1.807, 2.05) is 64.1 Å². The fraction of sp³-hybridized carbons (Fsp3) is 0.588. The summed E-state index contributed by atoms with van der Waals surface area (Å²) in [7, 11) is 0. The lowest BCUT2D eigenvalue weighted by Gasteiger charge is -2.52. The summed E-state index contributed by atoms with van der Waals surface area (Å²) in [5, 5.41) is 13.1. The van der Waals surface area contributed by atoms with Crippen LogP contribution in [0.5, 0.6) is 0 Å². The summed E-state index contributed by atoms with van der Waals surface area (Å²) in [6, 6.07) is 7.89. The number of ether oxygens (including phenoxy) is 3. The maximum atomic E-state index is 14.8. The number of carbonyl (C=O) groups is 2. The zero-order chi connectivity index (χ0) is 29.0. The summed E-state index contributed by atoms with van der Waals surface area (Å²) in [4.78, 5) is 28.3. The predicted molar refractivity (Wildman–Crippen MR) is 152 cm³/mol. The Bertz CT molecular complexity index is 1360. The molecule has 1 spiro atoms. The molecule has 1 aliphatic heterocycles. The van der Waals surface area contributed by atoms with E-state index in [1.165, 1.54) is 0 Å². The quantitative estimate of drug-likeness (QED) is 0.303. The van der Waals surface area contributed by atoms with Crippen LogP contribution < -0.4 is 0 Å². The van der Waals surface area contributed by atoms with Crippen molar-refractivity contribution in [2.45, 2.75) is 85.4 Å². The molecule has 3 fully saturated rings. The van der Waals surface area contributed by atoms with Crippen molar-refractivity contribution >= 4 is 17.8 Å². The number of carbonyl (C=O) groups excluding carboxylic acids is 2. The molecule has 4 aliphatic carbocycles. The van der Waals surface area contributed by atoms with Gasteiger partial charge in [0.05, 0.1) is 12.0 Å². The van der Waals surface area contributed by atoms with Crippen LogP contribution in [0.15, 0.2) is 53.1 Å². The van der Waals surface area contributed by atoms with Crippen molar-refractivity contribution < 1.29 is 28.9 Å². The number of allylic oxidation sites excluding steroid dienone is 1. The van der Waals surface area contributed by atoms with Crippen LogP contribution in [0.3, 0.4) is 0 Å². The third-order valence-electron chi connectivity index (χ3n) is 10.7.